The molecule has 2 N–H and O–H groups in total. The van der Waals surface area contributed by atoms with Crippen LogP contribution in [0.1, 0.15) is 12.5 Å². The standard InChI is InChI=1S/C21H29N5OS/c1-2-22-21(24-11-16-28-19-8-4-3-5-9-19)25-17-18-7-6-10-23-20(18)26-12-14-27-15-13-26/h3-10H,2,11-17H2,1H3,(H2,22,24,25). The van der Waals surface area contributed by atoms with E-state index in [1.807, 2.05) is 30.1 Å². The third-order valence-electron chi connectivity index (χ3n) is 4.34. The van der Waals surface area contributed by atoms with Gasteiger partial charge in [0.2, 0.25) is 0 Å². The van der Waals surface area contributed by atoms with E-state index in [2.05, 4.69) is 57.8 Å². The molecule has 1 aliphatic rings. The molecule has 1 aromatic carbocycles. The topological polar surface area (TPSA) is 61.8 Å². The number of morpholine rings is 1. The number of hydrogen-bond acceptors (Lipinski definition) is 5. The van der Waals surface area contributed by atoms with Crippen molar-refractivity contribution in [3.8, 4) is 0 Å². The van der Waals surface area contributed by atoms with E-state index in [1.165, 1.54) is 4.90 Å². The highest BCUT2D eigenvalue weighted by Crippen LogP contribution is 2.19. The van der Waals surface area contributed by atoms with Crippen LogP contribution in [0.4, 0.5) is 5.82 Å². The number of thioether (sulfide) groups is 1. The largest absolute Gasteiger partial charge is 0.378 e. The minimum atomic E-state index is 0.599. The van der Waals surface area contributed by atoms with Crippen molar-refractivity contribution in [2.75, 3.05) is 50.0 Å². The van der Waals surface area contributed by atoms with E-state index in [0.29, 0.717) is 6.54 Å². The SMILES string of the molecule is CCNC(=NCc1cccnc1N1CCOCC1)NCCSc1ccccc1. The van der Waals surface area contributed by atoms with E-state index in [1.54, 1.807) is 0 Å². The number of nitrogens with one attached hydrogen (secondary N) is 2. The fraction of sp³-hybridized carbons (Fsp3) is 0.429. The average molecular weight is 400 g/mol. The van der Waals surface area contributed by atoms with Crippen molar-refractivity contribution in [3.05, 3.63) is 54.2 Å². The monoisotopic (exact) mass is 399 g/mol. The second-order valence-electron chi connectivity index (χ2n) is 6.37. The van der Waals surface area contributed by atoms with E-state index >= 15 is 0 Å². The summed E-state index contributed by atoms with van der Waals surface area (Å²) < 4.78 is 5.46. The van der Waals surface area contributed by atoms with Gasteiger partial charge >= 0.3 is 0 Å². The van der Waals surface area contributed by atoms with Gasteiger partial charge in [0.25, 0.3) is 0 Å². The quantitative estimate of drug-likeness (QED) is 0.308. The van der Waals surface area contributed by atoms with Crippen molar-refractivity contribution in [1.29, 1.82) is 0 Å². The lowest BCUT2D eigenvalue weighted by molar-refractivity contribution is 0.122. The second-order valence-corrected chi connectivity index (χ2v) is 7.54. The van der Waals surface area contributed by atoms with E-state index < -0.39 is 0 Å². The van der Waals surface area contributed by atoms with Gasteiger partial charge in [-0.15, -0.1) is 11.8 Å². The number of guanidine groups is 1. The molecule has 6 nitrogen and oxygen atoms in total. The Bertz CT molecular complexity index is 735. The Hall–Kier alpha value is -2.25. The lowest BCUT2D eigenvalue weighted by atomic mass is 10.2. The molecular weight excluding hydrogens is 370 g/mol. The lowest BCUT2D eigenvalue weighted by Crippen LogP contribution is -2.38. The zero-order valence-electron chi connectivity index (χ0n) is 16.4. The third kappa shape index (κ3) is 6.42. The Labute approximate surface area is 171 Å². The molecular formula is C21H29N5OS. The highest BCUT2D eigenvalue weighted by molar-refractivity contribution is 7.99. The predicted molar refractivity (Wildman–Crippen MR) is 117 cm³/mol. The molecule has 0 radical (unpaired) electrons. The molecule has 0 spiro atoms. The Morgan fingerprint density at radius 2 is 1.96 bits per heavy atom. The van der Waals surface area contributed by atoms with E-state index in [0.717, 1.165) is 62.5 Å². The summed E-state index contributed by atoms with van der Waals surface area (Å²) in [4.78, 5) is 12.9. The number of rotatable bonds is 8. The molecule has 2 aromatic rings. The molecule has 7 heteroatoms. The van der Waals surface area contributed by atoms with Gasteiger partial charge in [0.15, 0.2) is 5.96 Å². The summed E-state index contributed by atoms with van der Waals surface area (Å²) in [6.07, 6.45) is 1.85. The molecule has 0 unspecified atom stereocenters. The molecule has 1 fully saturated rings. The molecule has 0 aliphatic carbocycles. The van der Waals surface area contributed by atoms with Crippen molar-refractivity contribution in [3.63, 3.8) is 0 Å². The summed E-state index contributed by atoms with van der Waals surface area (Å²) in [6.45, 7) is 7.63. The van der Waals surface area contributed by atoms with Gasteiger partial charge in [0.05, 0.1) is 19.8 Å². The Morgan fingerprint density at radius 3 is 2.75 bits per heavy atom. The van der Waals surface area contributed by atoms with Gasteiger partial charge in [-0.25, -0.2) is 9.98 Å². The van der Waals surface area contributed by atoms with E-state index in [4.69, 9.17) is 9.73 Å². The summed E-state index contributed by atoms with van der Waals surface area (Å²) in [5.74, 6) is 2.85. The first-order valence-electron chi connectivity index (χ1n) is 9.83. The molecule has 1 aliphatic heterocycles. The first-order chi connectivity index (χ1) is 13.9. The Morgan fingerprint density at radius 1 is 1.14 bits per heavy atom. The minimum absolute atomic E-state index is 0.599. The molecule has 1 aromatic heterocycles. The summed E-state index contributed by atoms with van der Waals surface area (Å²) in [5, 5.41) is 6.75. The van der Waals surface area contributed by atoms with Gasteiger partial charge < -0.3 is 20.3 Å². The lowest BCUT2D eigenvalue weighted by Gasteiger charge is -2.29. The summed E-state index contributed by atoms with van der Waals surface area (Å²) in [5.41, 5.74) is 1.14. The normalized spacial score (nSPS) is 14.8. The first kappa shape index (κ1) is 20.5. The number of aromatic nitrogens is 1. The zero-order valence-corrected chi connectivity index (χ0v) is 17.3. The maximum absolute atomic E-state index is 5.46. The van der Waals surface area contributed by atoms with E-state index in [9.17, 15) is 0 Å². The molecule has 3 rings (SSSR count). The number of anilines is 1. The van der Waals surface area contributed by atoms with Crippen LogP contribution in [0, 0.1) is 0 Å². The van der Waals surface area contributed by atoms with Crippen LogP contribution >= 0.6 is 11.8 Å². The Kier molecular flexibility index (Phi) is 8.46. The summed E-state index contributed by atoms with van der Waals surface area (Å²) in [6, 6.07) is 14.5. The maximum Gasteiger partial charge on any atom is 0.191 e. The minimum Gasteiger partial charge on any atom is -0.378 e. The average Bonchev–Trinajstić information content (AvgIpc) is 2.76. The van der Waals surface area contributed by atoms with Crippen LogP contribution in [0.15, 0.2) is 58.5 Å². The number of ether oxygens (including phenoxy) is 1. The zero-order chi connectivity index (χ0) is 19.4. The van der Waals surface area contributed by atoms with Crippen LogP contribution in [0.5, 0.6) is 0 Å². The first-order valence-corrected chi connectivity index (χ1v) is 10.8. The molecule has 0 amide bonds. The van der Waals surface area contributed by atoms with Crippen LogP contribution in [-0.4, -0.2) is 56.1 Å². The van der Waals surface area contributed by atoms with Crippen molar-refractivity contribution >= 4 is 23.5 Å². The van der Waals surface area contributed by atoms with Gasteiger partial charge in [-0.2, -0.15) is 0 Å². The fourth-order valence-corrected chi connectivity index (χ4v) is 3.76. The van der Waals surface area contributed by atoms with Gasteiger partial charge in [0, 0.05) is 48.6 Å². The smallest absolute Gasteiger partial charge is 0.191 e. The highest BCUT2D eigenvalue weighted by Gasteiger charge is 2.15. The van der Waals surface area contributed by atoms with Crippen molar-refractivity contribution < 1.29 is 4.74 Å². The highest BCUT2D eigenvalue weighted by atomic mass is 32.2. The van der Waals surface area contributed by atoms with Crippen molar-refractivity contribution in [2.45, 2.75) is 18.4 Å². The van der Waals surface area contributed by atoms with Gasteiger partial charge in [-0.1, -0.05) is 24.3 Å². The Balaban J connectivity index is 1.55. The molecule has 150 valence electrons. The maximum atomic E-state index is 5.46. The van der Waals surface area contributed by atoms with Gasteiger partial charge in [0.1, 0.15) is 5.82 Å². The molecule has 0 bridgehead atoms. The second kappa shape index (κ2) is 11.6. The fourth-order valence-electron chi connectivity index (χ4n) is 2.97. The van der Waals surface area contributed by atoms with Crippen LogP contribution in [0.3, 0.4) is 0 Å². The molecule has 0 atom stereocenters. The van der Waals surface area contributed by atoms with Crippen LogP contribution in [0.2, 0.25) is 0 Å². The number of nitrogens with zero attached hydrogens (tertiary/aromatic N) is 3. The summed E-state index contributed by atoms with van der Waals surface area (Å²) >= 11 is 1.84. The third-order valence-corrected chi connectivity index (χ3v) is 5.35. The predicted octanol–water partition coefficient (Wildman–Crippen LogP) is 2.77. The van der Waals surface area contributed by atoms with E-state index in [-0.39, 0.29) is 0 Å². The van der Waals surface area contributed by atoms with Crippen LogP contribution in [-0.2, 0) is 11.3 Å². The molecule has 2 heterocycles. The number of benzene rings is 1. The number of pyridine rings is 1. The molecule has 28 heavy (non-hydrogen) atoms. The van der Waals surface area contributed by atoms with Crippen LogP contribution < -0.4 is 15.5 Å². The number of hydrogen-bond donors (Lipinski definition) is 2. The van der Waals surface area contributed by atoms with Crippen molar-refractivity contribution in [2.24, 2.45) is 4.99 Å². The van der Waals surface area contributed by atoms with Gasteiger partial charge in [-0.3, -0.25) is 0 Å². The molecule has 0 saturated carbocycles. The van der Waals surface area contributed by atoms with Crippen molar-refractivity contribution in [1.82, 2.24) is 15.6 Å². The van der Waals surface area contributed by atoms with Gasteiger partial charge in [-0.05, 0) is 25.1 Å². The summed E-state index contributed by atoms with van der Waals surface area (Å²) in [7, 11) is 0. The number of aliphatic imine (C=N–C) groups is 1. The van der Waals surface area contributed by atoms with Crippen LogP contribution in [0.25, 0.3) is 0 Å². The molecule has 1 saturated heterocycles.